The van der Waals surface area contributed by atoms with Crippen molar-refractivity contribution in [3.05, 3.63) is 34.9 Å². The number of cyclic esters (lactones) is 1. The molecule has 8 heteroatoms. The van der Waals surface area contributed by atoms with E-state index in [2.05, 4.69) is 26.0 Å². The molecule has 3 saturated heterocycles. The molecule has 4 heterocycles. The van der Waals surface area contributed by atoms with Crippen LogP contribution in [0.4, 0.5) is 0 Å². The van der Waals surface area contributed by atoms with E-state index in [0.717, 1.165) is 49.7 Å². The second kappa shape index (κ2) is 7.55. The van der Waals surface area contributed by atoms with E-state index in [-0.39, 0.29) is 47.8 Å². The Labute approximate surface area is 216 Å². The molecular formula is C29H36O8. The first-order chi connectivity index (χ1) is 17.8. The van der Waals surface area contributed by atoms with Gasteiger partial charge in [0.1, 0.15) is 18.8 Å². The number of carbonyl (C=O) groups excluding carboxylic acids is 1. The number of esters is 1. The minimum absolute atomic E-state index is 0.0904. The van der Waals surface area contributed by atoms with Crippen LogP contribution in [-0.4, -0.2) is 67.1 Å². The lowest BCUT2D eigenvalue weighted by molar-refractivity contribution is -0.421. The van der Waals surface area contributed by atoms with Crippen molar-refractivity contribution >= 4 is 5.97 Å². The van der Waals surface area contributed by atoms with Gasteiger partial charge in [-0.25, -0.2) is 4.79 Å². The summed E-state index contributed by atoms with van der Waals surface area (Å²) < 4.78 is 36.3. The topological polar surface area (TPSA) is 92.7 Å². The highest BCUT2D eigenvalue weighted by Gasteiger charge is 2.67. The van der Waals surface area contributed by atoms with Gasteiger partial charge in [-0.05, 0) is 61.3 Å². The summed E-state index contributed by atoms with van der Waals surface area (Å²) in [5, 5.41) is 12.4. The van der Waals surface area contributed by atoms with Gasteiger partial charge >= 0.3 is 5.97 Å². The quantitative estimate of drug-likeness (QED) is 0.423. The normalized spacial score (nSPS) is 53.9. The van der Waals surface area contributed by atoms with Crippen molar-refractivity contribution < 1.29 is 38.3 Å². The second-order valence-electron chi connectivity index (χ2n) is 12.8. The van der Waals surface area contributed by atoms with Crippen LogP contribution in [0.2, 0.25) is 0 Å². The Hall–Kier alpha value is -1.55. The molecule has 0 amide bonds. The number of aliphatic hydroxyl groups is 1. The highest BCUT2D eigenvalue weighted by Crippen LogP contribution is 2.68. The number of rotatable bonds is 1. The van der Waals surface area contributed by atoms with E-state index in [0.29, 0.717) is 25.6 Å². The van der Waals surface area contributed by atoms with Gasteiger partial charge in [-0.15, -0.1) is 0 Å². The van der Waals surface area contributed by atoms with E-state index in [1.54, 1.807) is 6.08 Å². The van der Waals surface area contributed by atoms with Crippen LogP contribution in [0.15, 0.2) is 34.9 Å². The maximum atomic E-state index is 12.4. The number of allylic oxidation sites excluding steroid dienone is 1. The maximum absolute atomic E-state index is 12.4. The molecule has 0 aromatic rings. The molecule has 10 unspecified atom stereocenters. The molecule has 1 N–H and O–H groups in total. The molecule has 200 valence electrons. The zero-order valence-corrected chi connectivity index (χ0v) is 21.6. The van der Waals surface area contributed by atoms with Crippen LogP contribution in [-0.2, 0) is 33.2 Å². The summed E-state index contributed by atoms with van der Waals surface area (Å²) in [6, 6.07) is 0. The van der Waals surface area contributed by atoms with Crippen LogP contribution in [0, 0.1) is 22.7 Å². The van der Waals surface area contributed by atoms with Crippen LogP contribution in [0.3, 0.4) is 0 Å². The van der Waals surface area contributed by atoms with Crippen LogP contribution in [0.1, 0.15) is 58.8 Å². The van der Waals surface area contributed by atoms with Gasteiger partial charge in [0, 0.05) is 23.5 Å². The lowest BCUT2D eigenvalue weighted by Gasteiger charge is -2.63. The molecule has 10 atom stereocenters. The third-order valence-corrected chi connectivity index (χ3v) is 11.5. The van der Waals surface area contributed by atoms with Crippen LogP contribution < -0.4 is 0 Å². The van der Waals surface area contributed by atoms with Crippen molar-refractivity contribution in [3.63, 3.8) is 0 Å². The minimum atomic E-state index is -0.989. The Bertz CT molecular complexity index is 1140. The first-order valence-electron chi connectivity index (χ1n) is 14.0. The first kappa shape index (κ1) is 23.3. The van der Waals surface area contributed by atoms with E-state index in [1.165, 1.54) is 5.57 Å². The monoisotopic (exact) mass is 512 g/mol. The lowest BCUT2D eigenvalue weighted by Crippen LogP contribution is -2.67. The SMILES string of the molecule is CC12CC3OC45OCOC4CCOC5OC3C=C1CCC1C2CCC2(C)C(C3=CC(=O)OC3)=CCC12O. The molecule has 0 aromatic carbocycles. The van der Waals surface area contributed by atoms with Crippen molar-refractivity contribution in [3.8, 4) is 0 Å². The standard InChI is InChI=1S/C29H36O8/c1-26-13-22-21(36-25-29(37-22)23(7-10-32-25)34-15-35-29)12-17(26)3-4-20-19(26)5-8-27(2)18(6-9-28(20,27)31)16-11-24(30)33-14-16/h6,11-12,19-23,25,31H,3-5,7-10,13-15H2,1-2H3. The molecule has 0 bridgehead atoms. The lowest BCUT2D eigenvalue weighted by atomic mass is 9.45. The third kappa shape index (κ3) is 2.87. The van der Waals surface area contributed by atoms with Crippen molar-refractivity contribution in [2.75, 3.05) is 20.0 Å². The zero-order valence-electron chi connectivity index (χ0n) is 21.6. The largest absolute Gasteiger partial charge is 0.458 e. The fourth-order valence-electron chi connectivity index (χ4n) is 9.51. The molecule has 4 aliphatic carbocycles. The number of fused-ring (bicyclic) bond motifs is 6. The highest BCUT2D eigenvalue weighted by atomic mass is 16.9. The number of ether oxygens (including phenoxy) is 6. The van der Waals surface area contributed by atoms with Gasteiger partial charge in [0.2, 0.25) is 12.1 Å². The molecule has 8 rings (SSSR count). The first-order valence-corrected chi connectivity index (χ1v) is 14.0. The van der Waals surface area contributed by atoms with Gasteiger partial charge in [0.15, 0.2) is 6.79 Å². The summed E-state index contributed by atoms with van der Waals surface area (Å²) in [7, 11) is 0. The summed E-state index contributed by atoms with van der Waals surface area (Å²) in [5.74, 6) is -0.756. The molecule has 5 fully saturated rings. The highest BCUT2D eigenvalue weighted by molar-refractivity contribution is 5.86. The van der Waals surface area contributed by atoms with Crippen molar-refractivity contribution in [2.45, 2.75) is 94.8 Å². The van der Waals surface area contributed by atoms with Crippen molar-refractivity contribution in [2.24, 2.45) is 22.7 Å². The molecule has 8 aliphatic rings. The molecule has 8 nitrogen and oxygen atoms in total. The summed E-state index contributed by atoms with van der Waals surface area (Å²) >= 11 is 0. The number of hydrogen-bond acceptors (Lipinski definition) is 8. The smallest absolute Gasteiger partial charge is 0.331 e. The Morgan fingerprint density at radius 1 is 1.11 bits per heavy atom. The molecule has 0 radical (unpaired) electrons. The van der Waals surface area contributed by atoms with Gasteiger partial charge in [0.05, 0.1) is 18.3 Å². The summed E-state index contributed by atoms with van der Waals surface area (Å²) in [5.41, 5.74) is 2.19. The van der Waals surface area contributed by atoms with Crippen molar-refractivity contribution in [1.29, 1.82) is 0 Å². The summed E-state index contributed by atoms with van der Waals surface area (Å²) in [6.07, 6.45) is 11.0. The fourth-order valence-corrected chi connectivity index (χ4v) is 9.51. The molecule has 0 aromatic heterocycles. The van der Waals surface area contributed by atoms with Crippen LogP contribution in [0.5, 0.6) is 0 Å². The minimum Gasteiger partial charge on any atom is -0.458 e. The van der Waals surface area contributed by atoms with E-state index in [9.17, 15) is 9.90 Å². The zero-order chi connectivity index (χ0) is 25.2. The maximum Gasteiger partial charge on any atom is 0.331 e. The molecular weight excluding hydrogens is 476 g/mol. The second-order valence-corrected chi connectivity index (χ2v) is 12.8. The molecule has 1 spiro atoms. The Kier molecular flexibility index (Phi) is 4.76. The molecule has 2 saturated carbocycles. The summed E-state index contributed by atoms with van der Waals surface area (Å²) in [4.78, 5) is 11.8. The average Bonchev–Trinajstić information content (AvgIpc) is 3.55. The number of hydrogen-bond donors (Lipinski definition) is 1. The van der Waals surface area contributed by atoms with Gasteiger partial charge in [-0.1, -0.05) is 31.6 Å². The Balaban J connectivity index is 1.11. The predicted octanol–water partition coefficient (Wildman–Crippen LogP) is 3.29. The van der Waals surface area contributed by atoms with E-state index < -0.39 is 17.7 Å². The molecule has 4 aliphatic heterocycles. The average molecular weight is 513 g/mol. The van der Waals surface area contributed by atoms with Crippen LogP contribution >= 0.6 is 0 Å². The van der Waals surface area contributed by atoms with Gasteiger partial charge in [-0.3, -0.25) is 0 Å². The summed E-state index contributed by atoms with van der Waals surface area (Å²) in [6.45, 7) is 5.66. The Morgan fingerprint density at radius 2 is 2.00 bits per heavy atom. The van der Waals surface area contributed by atoms with E-state index >= 15 is 0 Å². The van der Waals surface area contributed by atoms with Crippen molar-refractivity contribution in [1.82, 2.24) is 0 Å². The number of carbonyl (C=O) groups is 1. The predicted molar refractivity (Wildman–Crippen MR) is 129 cm³/mol. The van der Waals surface area contributed by atoms with E-state index in [4.69, 9.17) is 28.4 Å². The fraction of sp³-hybridized carbons (Fsp3) is 0.759. The van der Waals surface area contributed by atoms with E-state index in [1.807, 2.05) is 0 Å². The van der Waals surface area contributed by atoms with Gasteiger partial charge in [0.25, 0.3) is 0 Å². The van der Waals surface area contributed by atoms with Gasteiger partial charge < -0.3 is 33.5 Å². The van der Waals surface area contributed by atoms with Gasteiger partial charge in [-0.2, -0.15) is 0 Å². The van der Waals surface area contributed by atoms with Crippen LogP contribution in [0.25, 0.3) is 0 Å². The third-order valence-electron chi connectivity index (χ3n) is 11.5. The molecule has 37 heavy (non-hydrogen) atoms. The Morgan fingerprint density at radius 3 is 2.84 bits per heavy atom.